The van der Waals surface area contributed by atoms with Gasteiger partial charge in [0.15, 0.2) is 0 Å². The first-order valence-electron chi connectivity index (χ1n) is 4.75. The highest BCUT2D eigenvalue weighted by Crippen LogP contribution is 2.07. The van der Waals surface area contributed by atoms with E-state index >= 15 is 0 Å². The van der Waals surface area contributed by atoms with Crippen molar-refractivity contribution in [3.8, 4) is 0 Å². The Hall–Kier alpha value is -0.343. The Bertz CT molecular complexity index is 120. The molecule has 12 heavy (non-hydrogen) atoms. The molecular weight excluding hydrogens is 162 g/mol. The zero-order valence-electron chi connectivity index (χ0n) is 8.42. The van der Waals surface area contributed by atoms with Crippen LogP contribution in [0.15, 0.2) is 25.3 Å². The lowest BCUT2D eigenvalue weighted by Gasteiger charge is -2.27. The standard InChI is InChI=1S/C10H21NSi/c1-4-7-11(8-5-2)10(6-3)9-12/h4-5,10H,1-2,6-9H2,3,12H3. The minimum atomic E-state index is 0.743. The molecule has 1 atom stereocenters. The summed E-state index contributed by atoms with van der Waals surface area (Å²) >= 11 is 0. The van der Waals surface area contributed by atoms with Crippen molar-refractivity contribution >= 4 is 10.2 Å². The van der Waals surface area contributed by atoms with Gasteiger partial charge >= 0.3 is 0 Å². The van der Waals surface area contributed by atoms with Gasteiger partial charge in [-0.25, -0.2) is 0 Å². The molecule has 0 aromatic carbocycles. The quantitative estimate of drug-likeness (QED) is 0.424. The minimum Gasteiger partial charge on any atom is -0.293 e. The lowest BCUT2D eigenvalue weighted by molar-refractivity contribution is 0.251. The van der Waals surface area contributed by atoms with Crippen molar-refractivity contribution in [2.24, 2.45) is 0 Å². The normalized spacial score (nSPS) is 13.2. The predicted molar refractivity (Wildman–Crippen MR) is 60.8 cm³/mol. The number of hydrogen-bond acceptors (Lipinski definition) is 1. The van der Waals surface area contributed by atoms with Crippen LogP contribution in [-0.2, 0) is 0 Å². The van der Waals surface area contributed by atoms with Crippen molar-refractivity contribution in [2.75, 3.05) is 13.1 Å². The van der Waals surface area contributed by atoms with E-state index < -0.39 is 0 Å². The third-order valence-electron chi connectivity index (χ3n) is 2.19. The summed E-state index contributed by atoms with van der Waals surface area (Å²) in [5, 5.41) is 0. The fourth-order valence-corrected chi connectivity index (χ4v) is 2.60. The van der Waals surface area contributed by atoms with Crippen molar-refractivity contribution < 1.29 is 0 Å². The highest BCUT2D eigenvalue weighted by molar-refractivity contribution is 6.08. The van der Waals surface area contributed by atoms with Gasteiger partial charge in [0, 0.05) is 29.4 Å². The topological polar surface area (TPSA) is 3.24 Å². The van der Waals surface area contributed by atoms with Gasteiger partial charge in [0.25, 0.3) is 0 Å². The average Bonchev–Trinajstić information content (AvgIpc) is 2.07. The van der Waals surface area contributed by atoms with Crippen molar-refractivity contribution in [3.63, 3.8) is 0 Å². The van der Waals surface area contributed by atoms with Gasteiger partial charge in [-0.3, -0.25) is 4.90 Å². The molecule has 0 aliphatic rings. The van der Waals surface area contributed by atoms with Crippen molar-refractivity contribution in [1.82, 2.24) is 4.90 Å². The minimum absolute atomic E-state index is 0.743. The lowest BCUT2D eigenvalue weighted by Crippen LogP contribution is -2.34. The Morgan fingerprint density at radius 3 is 2.08 bits per heavy atom. The second-order valence-corrected chi connectivity index (χ2v) is 3.82. The zero-order valence-corrected chi connectivity index (χ0v) is 10.4. The summed E-state index contributed by atoms with van der Waals surface area (Å²) in [5.74, 6) is 0. The molecule has 0 aromatic heterocycles. The van der Waals surface area contributed by atoms with Crippen molar-refractivity contribution in [2.45, 2.75) is 25.4 Å². The van der Waals surface area contributed by atoms with Crippen molar-refractivity contribution in [1.29, 1.82) is 0 Å². The van der Waals surface area contributed by atoms with Crippen LogP contribution in [0.25, 0.3) is 0 Å². The number of nitrogens with zero attached hydrogens (tertiary/aromatic N) is 1. The van der Waals surface area contributed by atoms with E-state index in [2.05, 4.69) is 25.0 Å². The number of rotatable bonds is 7. The number of hydrogen-bond donors (Lipinski definition) is 0. The van der Waals surface area contributed by atoms with E-state index in [1.54, 1.807) is 0 Å². The van der Waals surface area contributed by atoms with E-state index in [0.717, 1.165) is 19.1 Å². The summed E-state index contributed by atoms with van der Waals surface area (Å²) in [6, 6.07) is 2.09. The Kier molecular flexibility index (Phi) is 7.10. The molecule has 0 bridgehead atoms. The van der Waals surface area contributed by atoms with E-state index in [9.17, 15) is 0 Å². The summed E-state index contributed by atoms with van der Waals surface area (Å²) in [6.07, 6.45) is 5.19. The lowest BCUT2D eigenvalue weighted by atomic mass is 10.2. The fourth-order valence-electron chi connectivity index (χ4n) is 1.51. The molecule has 0 amide bonds. The maximum absolute atomic E-state index is 3.77. The largest absolute Gasteiger partial charge is 0.293 e. The Morgan fingerprint density at radius 1 is 1.33 bits per heavy atom. The first kappa shape index (κ1) is 11.7. The molecule has 1 nitrogen and oxygen atoms in total. The first-order valence-corrected chi connectivity index (χ1v) is 6.17. The third-order valence-corrected chi connectivity index (χ3v) is 3.13. The molecule has 0 saturated heterocycles. The summed E-state index contributed by atoms with van der Waals surface area (Å²) in [6.45, 7) is 11.8. The Morgan fingerprint density at radius 2 is 1.83 bits per heavy atom. The molecule has 0 aliphatic heterocycles. The Labute approximate surface area is 79.6 Å². The highest BCUT2D eigenvalue weighted by Gasteiger charge is 2.10. The second-order valence-electron chi connectivity index (χ2n) is 3.00. The molecule has 1 unspecified atom stereocenters. The van der Waals surface area contributed by atoms with Gasteiger partial charge in [0.1, 0.15) is 0 Å². The summed E-state index contributed by atoms with van der Waals surface area (Å²) in [4.78, 5) is 2.44. The first-order chi connectivity index (χ1) is 5.79. The van der Waals surface area contributed by atoms with E-state index in [0.29, 0.717) is 0 Å². The molecular formula is C10H21NSi. The molecule has 0 aliphatic carbocycles. The highest BCUT2D eigenvalue weighted by atomic mass is 28.1. The summed E-state index contributed by atoms with van der Waals surface area (Å²) in [7, 11) is 1.28. The molecule has 0 N–H and O–H groups in total. The van der Waals surface area contributed by atoms with Crippen LogP contribution in [0.3, 0.4) is 0 Å². The van der Waals surface area contributed by atoms with Gasteiger partial charge in [0.2, 0.25) is 0 Å². The molecule has 0 heterocycles. The fraction of sp³-hybridized carbons (Fsp3) is 0.600. The predicted octanol–water partition coefficient (Wildman–Crippen LogP) is 1.22. The van der Waals surface area contributed by atoms with Crippen LogP contribution in [0.4, 0.5) is 0 Å². The molecule has 2 heteroatoms. The van der Waals surface area contributed by atoms with Gasteiger partial charge in [-0.1, -0.05) is 25.1 Å². The van der Waals surface area contributed by atoms with Crippen LogP contribution in [-0.4, -0.2) is 34.3 Å². The van der Waals surface area contributed by atoms with Gasteiger partial charge in [-0.2, -0.15) is 0 Å². The van der Waals surface area contributed by atoms with Crippen LogP contribution in [0.2, 0.25) is 6.04 Å². The molecule has 0 spiro atoms. The Balaban J connectivity index is 4.02. The average molecular weight is 183 g/mol. The van der Waals surface area contributed by atoms with Crippen LogP contribution in [0.5, 0.6) is 0 Å². The molecule has 70 valence electrons. The molecule has 0 fully saturated rings. The third kappa shape index (κ3) is 3.88. The summed E-state index contributed by atoms with van der Waals surface area (Å²) in [5.41, 5.74) is 0. The van der Waals surface area contributed by atoms with E-state index in [4.69, 9.17) is 0 Å². The van der Waals surface area contributed by atoms with Gasteiger partial charge in [0.05, 0.1) is 0 Å². The van der Waals surface area contributed by atoms with Crippen LogP contribution in [0, 0.1) is 0 Å². The van der Waals surface area contributed by atoms with Gasteiger partial charge < -0.3 is 0 Å². The van der Waals surface area contributed by atoms with Gasteiger partial charge in [-0.15, -0.1) is 13.2 Å². The smallest absolute Gasteiger partial charge is 0.0166 e. The van der Waals surface area contributed by atoms with Crippen molar-refractivity contribution in [3.05, 3.63) is 25.3 Å². The van der Waals surface area contributed by atoms with Gasteiger partial charge in [-0.05, 0) is 6.42 Å². The monoisotopic (exact) mass is 183 g/mol. The maximum Gasteiger partial charge on any atom is 0.0166 e. The SMILES string of the molecule is C=CCN(CC=C)C(CC)C[SiH3]. The zero-order chi connectivity index (χ0) is 9.40. The van der Waals surface area contributed by atoms with E-state index in [-0.39, 0.29) is 0 Å². The maximum atomic E-state index is 3.77. The van der Waals surface area contributed by atoms with E-state index in [1.807, 2.05) is 12.2 Å². The molecule has 0 saturated carbocycles. The van der Waals surface area contributed by atoms with Crippen LogP contribution < -0.4 is 0 Å². The molecule has 0 radical (unpaired) electrons. The van der Waals surface area contributed by atoms with Crippen LogP contribution in [0.1, 0.15) is 13.3 Å². The second kappa shape index (κ2) is 7.31. The molecule has 0 rings (SSSR count). The van der Waals surface area contributed by atoms with E-state index in [1.165, 1.54) is 22.7 Å². The van der Waals surface area contributed by atoms with Crippen LogP contribution >= 0.6 is 0 Å². The molecule has 0 aromatic rings. The summed E-state index contributed by atoms with van der Waals surface area (Å²) < 4.78 is 0.